The first-order valence-electron chi connectivity index (χ1n) is 5.74. The Bertz CT molecular complexity index is 512. The lowest BCUT2D eigenvalue weighted by molar-refractivity contribution is 0.415. The van der Waals surface area contributed by atoms with Crippen molar-refractivity contribution in [2.24, 2.45) is 0 Å². The highest BCUT2D eigenvalue weighted by Gasteiger charge is 2.08. The van der Waals surface area contributed by atoms with Crippen LogP contribution in [0.2, 0.25) is 0 Å². The third-order valence-corrected chi connectivity index (χ3v) is 3.49. The van der Waals surface area contributed by atoms with Crippen molar-refractivity contribution in [3.8, 4) is 5.75 Å². The Balaban J connectivity index is 2.01. The van der Waals surface area contributed by atoms with Gasteiger partial charge in [0.1, 0.15) is 5.75 Å². The van der Waals surface area contributed by atoms with Gasteiger partial charge in [-0.2, -0.15) is 0 Å². The predicted octanol–water partition coefficient (Wildman–Crippen LogP) is 2.41. The monoisotopic (exact) mass is 263 g/mol. The Kier molecular flexibility index (Phi) is 4.04. The quantitative estimate of drug-likeness (QED) is 0.900. The van der Waals surface area contributed by atoms with Crippen molar-refractivity contribution >= 4 is 22.2 Å². The molecule has 0 bridgehead atoms. The lowest BCUT2D eigenvalue weighted by Gasteiger charge is -2.21. The molecule has 0 aliphatic heterocycles. The molecule has 1 aromatic heterocycles. The number of methoxy groups -OCH3 is 1. The Hall–Kier alpha value is -1.75. The minimum atomic E-state index is 0.630. The molecule has 0 amide bonds. The van der Waals surface area contributed by atoms with E-state index in [0.29, 0.717) is 5.13 Å². The molecule has 1 heterocycles. The number of hydrogen-bond donors (Lipinski definition) is 1. The molecule has 2 N–H and O–H groups in total. The first-order chi connectivity index (χ1) is 8.70. The van der Waals surface area contributed by atoms with Crippen LogP contribution in [0.1, 0.15) is 5.69 Å². The van der Waals surface area contributed by atoms with Gasteiger partial charge < -0.3 is 15.4 Å². The van der Waals surface area contributed by atoms with Crippen molar-refractivity contribution in [1.82, 2.24) is 4.98 Å². The average Bonchev–Trinajstić information content (AvgIpc) is 2.81. The molecule has 0 saturated carbocycles. The fraction of sp³-hybridized carbons (Fsp3) is 0.308. The second-order valence-electron chi connectivity index (χ2n) is 4.02. The number of para-hydroxylation sites is 2. The molecule has 4 nitrogen and oxygen atoms in total. The van der Waals surface area contributed by atoms with E-state index in [9.17, 15) is 0 Å². The highest BCUT2D eigenvalue weighted by molar-refractivity contribution is 7.13. The lowest BCUT2D eigenvalue weighted by atomic mass is 10.2. The maximum absolute atomic E-state index is 5.62. The molecule has 0 saturated heterocycles. The molecule has 2 rings (SSSR count). The summed E-state index contributed by atoms with van der Waals surface area (Å²) in [7, 11) is 3.74. The Labute approximate surface area is 111 Å². The number of hydrogen-bond acceptors (Lipinski definition) is 5. The number of nitrogens with zero attached hydrogens (tertiary/aromatic N) is 2. The summed E-state index contributed by atoms with van der Waals surface area (Å²) in [5.41, 5.74) is 7.74. The zero-order valence-electron chi connectivity index (χ0n) is 10.6. The smallest absolute Gasteiger partial charge is 0.180 e. The van der Waals surface area contributed by atoms with E-state index in [1.165, 1.54) is 11.3 Å². The normalized spacial score (nSPS) is 10.3. The van der Waals surface area contributed by atoms with E-state index in [-0.39, 0.29) is 0 Å². The summed E-state index contributed by atoms with van der Waals surface area (Å²) in [6, 6.07) is 7.99. The van der Waals surface area contributed by atoms with Gasteiger partial charge >= 0.3 is 0 Å². The van der Waals surface area contributed by atoms with E-state index in [1.807, 2.05) is 36.7 Å². The highest BCUT2D eigenvalue weighted by atomic mass is 32.1. The van der Waals surface area contributed by atoms with Crippen LogP contribution < -0.4 is 15.4 Å². The third-order valence-electron chi connectivity index (χ3n) is 2.77. The second kappa shape index (κ2) is 5.73. The fourth-order valence-corrected chi connectivity index (χ4v) is 2.38. The van der Waals surface area contributed by atoms with Crippen LogP contribution in [0.25, 0.3) is 0 Å². The summed E-state index contributed by atoms with van der Waals surface area (Å²) in [6.07, 6.45) is 0.877. The molecule has 0 aliphatic rings. The van der Waals surface area contributed by atoms with Gasteiger partial charge in [0.2, 0.25) is 0 Å². The third kappa shape index (κ3) is 2.92. The van der Waals surface area contributed by atoms with Crippen molar-refractivity contribution < 1.29 is 4.74 Å². The molecule has 0 aliphatic carbocycles. The summed E-state index contributed by atoms with van der Waals surface area (Å²) in [4.78, 5) is 6.42. The first kappa shape index (κ1) is 12.7. The van der Waals surface area contributed by atoms with Crippen LogP contribution in [0, 0.1) is 0 Å². The Morgan fingerprint density at radius 1 is 1.39 bits per heavy atom. The predicted molar refractivity (Wildman–Crippen MR) is 76.5 cm³/mol. The molecule has 2 aromatic rings. The van der Waals surface area contributed by atoms with Crippen molar-refractivity contribution in [3.63, 3.8) is 0 Å². The standard InChI is InChI=1S/C13H17N3OS/c1-16(8-7-10-9-18-13(14)15-10)11-5-3-4-6-12(11)17-2/h3-6,9H,7-8H2,1-2H3,(H2,14,15). The van der Waals surface area contributed by atoms with Crippen LogP contribution in [-0.2, 0) is 6.42 Å². The van der Waals surface area contributed by atoms with Crippen LogP contribution in [0.5, 0.6) is 5.75 Å². The van der Waals surface area contributed by atoms with Gasteiger partial charge in [-0.3, -0.25) is 0 Å². The number of rotatable bonds is 5. The van der Waals surface area contributed by atoms with Crippen molar-refractivity contribution in [3.05, 3.63) is 35.3 Å². The van der Waals surface area contributed by atoms with Gasteiger partial charge in [0, 0.05) is 25.4 Å². The molecule has 0 atom stereocenters. The zero-order chi connectivity index (χ0) is 13.0. The number of likely N-dealkylation sites (N-methyl/N-ethyl adjacent to an activating group) is 1. The Morgan fingerprint density at radius 2 is 2.17 bits per heavy atom. The molecule has 0 unspecified atom stereocenters. The number of thiazole rings is 1. The van der Waals surface area contributed by atoms with Gasteiger partial charge in [-0.1, -0.05) is 12.1 Å². The molecule has 18 heavy (non-hydrogen) atoms. The number of aromatic nitrogens is 1. The van der Waals surface area contributed by atoms with Crippen molar-refractivity contribution in [2.45, 2.75) is 6.42 Å². The van der Waals surface area contributed by atoms with Crippen molar-refractivity contribution in [2.75, 3.05) is 31.3 Å². The first-order valence-corrected chi connectivity index (χ1v) is 6.62. The van der Waals surface area contributed by atoms with E-state index >= 15 is 0 Å². The minimum Gasteiger partial charge on any atom is -0.495 e. The number of nitrogen functional groups attached to an aromatic ring is 1. The van der Waals surface area contributed by atoms with Crippen LogP contribution in [0.3, 0.4) is 0 Å². The van der Waals surface area contributed by atoms with Crippen LogP contribution >= 0.6 is 11.3 Å². The molecular weight excluding hydrogens is 246 g/mol. The van der Waals surface area contributed by atoms with Gasteiger partial charge in [-0.05, 0) is 12.1 Å². The lowest BCUT2D eigenvalue weighted by Crippen LogP contribution is -2.21. The molecule has 0 spiro atoms. The molecule has 0 radical (unpaired) electrons. The summed E-state index contributed by atoms with van der Waals surface area (Å²) in [6.45, 7) is 0.879. The minimum absolute atomic E-state index is 0.630. The summed E-state index contributed by atoms with van der Waals surface area (Å²) in [5.74, 6) is 0.887. The van der Waals surface area contributed by atoms with Crippen LogP contribution in [-0.4, -0.2) is 25.7 Å². The van der Waals surface area contributed by atoms with E-state index in [0.717, 1.165) is 30.1 Å². The number of benzene rings is 1. The van der Waals surface area contributed by atoms with Gasteiger partial charge in [0.05, 0.1) is 18.5 Å². The number of ether oxygens (including phenoxy) is 1. The summed E-state index contributed by atoms with van der Waals surface area (Å²) < 4.78 is 5.35. The van der Waals surface area contributed by atoms with E-state index in [1.54, 1.807) is 7.11 Å². The van der Waals surface area contributed by atoms with E-state index < -0.39 is 0 Å². The second-order valence-corrected chi connectivity index (χ2v) is 4.91. The maximum Gasteiger partial charge on any atom is 0.180 e. The zero-order valence-corrected chi connectivity index (χ0v) is 11.4. The van der Waals surface area contributed by atoms with Gasteiger partial charge in [0.25, 0.3) is 0 Å². The summed E-state index contributed by atoms with van der Waals surface area (Å²) in [5, 5.41) is 2.63. The van der Waals surface area contributed by atoms with Crippen LogP contribution in [0.4, 0.5) is 10.8 Å². The largest absolute Gasteiger partial charge is 0.495 e. The van der Waals surface area contributed by atoms with E-state index in [2.05, 4.69) is 9.88 Å². The number of nitrogens with two attached hydrogens (primary N) is 1. The van der Waals surface area contributed by atoms with Gasteiger partial charge in [-0.25, -0.2) is 4.98 Å². The van der Waals surface area contributed by atoms with Crippen molar-refractivity contribution in [1.29, 1.82) is 0 Å². The SMILES string of the molecule is COc1ccccc1N(C)CCc1csc(N)n1. The average molecular weight is 263 g/mol. The maximum atomic E-state index is 5.62. The topological polar surface area (TPSA) is 51.4 Å². The molecule has 1 aromatic carbocycles. The summed E-state index contributed by atoms with van der Waals surface area (Å²) >= 11 is 1.48. The molecule has 96 valence electrons. The van der Waals surface area contributed by atoms with Gasteiger partial charge in [0.15, 0.2) is 5.13 Å². The molecule has 5 heteroatoms. The highest BCUT2D eigenvalue weighted by Crippen LogP contribution is 2.26. The molecule has 0 fully saturated rings. The number of anilines is 2. The van der Waals surface area contributed by atoms with Gasteiger partial charge in [-0.15, -0.1) is 11.3 Å². The Morgan fingerprint density at radius 3 is 2.83 bits per heavy atom. The fourth-order valence-electron chi connectivity index (χ4n) is 1.79. The molecular formula is C13H17N3OS. The van der Waals surface area contributed by atoms with Crippen LogP contribution in [0.15, 0.2) is 29.6 Å². The van der Waals surface area contributed by atoms with E-state index in [4.69, 9.17) is 10.5 Å².